The number of aryl methyl sites for hydroxylation is 1. The van der Waals surface area contributed by atoms with Gasteiger partial charge in [0, 0.05) is 10.5 Å². The number of esters is 1. The van der Waals surface area contributed by atoms with E-state index in [0.717, 1.165) is 16.0 Å². The topological polar surface area (TPSA) is 82.1 Å². The number of rotatable bonds is 3. The molecule has 0 aromatic heterocycles. The summed E-state index contributed by atoms with van der Waals surface area (Å²) in [5.41, 5.74) is 1.85. The van der Waals surface area contributed by atoms with Gasteiger partial charge in [-0.3, -0.25) is 0 Å². The number of carboxylic acid groups (broad SMARTS) is 1. The number of methoxy groups -OCH3 is 2. The summed E-state index contributed by atoms with van der Waals surface area (Å²) in [4.78, 5) is 25.3. The number of fused-ring (bicyclic) bond motifs is 2. The van der Waals surface area contributed by atoms with E-state index in [0.29, 0.717) is 10.6 Å². The summed E-state index contributed by atoms with van der Waals surface area (Å²) < 4.78 is 16.1. The molecule has 1 aliphatic rings. The van der Waals surface area contributed by atoms with Gasteiger partial charge in [-0.2, -0.15) is 0 Å². The molecular weight excluding hydrogens is 344 g/mol. The first-order valence-electron chi connectivity index (χ1n) is 7.43. The summed E-state index contributed by atoms with van der Waals surface area (Å²) in [6.07, 6.45) is 0. The number of hydrogen-bond acceptors (Lipinski definition) is 6. The number of carbonyl (C=O) groups is 2. The molecule has 25 heavy (non-hydrogen) atoms. The Labute approximate surface area is 148 Å². The Bertz CT molecular complexity index is 874. The van der Waals surface area contributed by atoms with E-state index in [9.17, 15) is 14.7 Å². The highest BCUT2D eigenvalue weighted by Crippen LogP contribution is 2.44. The molecule has 6 nitrogen and oxygen atoms in total. The Morgan fingerprint density at radius 2 is 2.00 bits per heavy atom. The maximum absolute atomic E-state index is 12.5. The second-order valence-corrected chi connectivity index (χ2v) is 6.51. The van der Waals surface area contributed by atoms with Gasteiger partial charge in [-0.15, -0.1) is 0 Å². The number of aromatic carboxylic acids is 1. The lowest BCUT2D eigenvalue weighted by atomic mass is 10.1. The molecule has 3 rings (SSSR count). The number of cyclic esters (lactones) is 1. The molecule has 0 radical (unpaired) electrons. The minimum absolute atomic E-state index is 0.00275. The monoisotopic (exact) mass is 360 g/mol. The second-order valence-electron chi connectivity index (χ2n) is 5.46. The van der Waals surface area contributed by atoms with Crippen LogP contribution in [0, 0.1) is 6.92 Å². The Balaban J connectivity index is 2.23. The molecule has 0 saturated carbocycles. The van der Waals surface area contributed by atoms with E-state index in [1.54, 1.807) is 13.2 Å². The zero-order valence-electron chi connectivity index (χ0n) is 13.9. The first-order valence-corrected chi connectivity index (χ1v) is 8.24. The Morgan fingerprint density at radius 3 is 2.64 bits per heavy atom. The van der Waals surface area contributed by atoms with E-state index in [1.807, 2.05) is 19.1 Å². The summed E-state index contributed by atoms with van der Waals surface area (Å²) in [6.45, 7) is 2.00. The van der Waals surface area contributed by atoms with Crippen molar-refractivity contribution in [3.05, 3.63) is 46.5 Å². The SMILES string of the molecule is COc1cc(C)cc2c1Sc1ccc(C(=O)O)c(OC)c1C(=O)OC2. The fourth-order valence-electron chi connectivity index (χ4n) is 2.74. The molecule has 1 aliphatic heterocycles. The van der Waals surface area contributed by atoms with E-state index >= 15 is 0 Å². The number of carbonyl (C=O) groups excluding carboxylic acids is 1. The van der Waals surface area contributed by atoms with Gasteiger partial charge in [0.25, 0.3) is 0 Å². The molecule has 0 atom stereocenters. The van der Waals surface area contributed by atoms with Crippen molar-refractivity contribution in [3.63, 3.8) is 0 Å². The summed E-state index contributed by atoms with van der Waals surface area (Å²) in [5.74, 6) is -1.12. The summed E-state index contributed by atoms with van der Waals surface area (Å²) >= 11 is 1.33. The summed E-state index contributed by atoms with van der Waals surface area (Å²) in [5, 5.41) is 9.32. The molecule has 130 valence electrons. The van der Waals surface area contributed by atoms with Gasteiger partial charge in [-0.1, -0.05) is 17.8 Å². The van der Waals surface area contributed by atoms with Gasteiger partial charge in [0.1, 0.15) is 29.2 Å². The van der Waals surface area contributed by atoms with Crippen LogP contribution in [0.3, 0.4) is 0 Å². The van der Waals surface area contributed by atoms with Crippen LogP contribution in [0.25, 0.3) is 0 Å². The van der Waals surface area contributed by atoms with Crippen molar-refractivity contribution in [2.75, 3.05) is 14.2 Å². The zero-order chi connectivity index (χ0) is 18.1. The van der Waals surface area contributed by atoms with Gasteiger partial charge >= 0.3 is 11.9 Å². The average molecular weight is 360 g/mol. The Kier molecular flexibility index (Phi) is 4.59. The van der Waals surface area contributed by atoms with Crippen molar-refractivity contribution < 1.29 is 28.9 Å². The minimum atomic E-state index is -1.17. The summed E-state index contributed by atoms with van der Waals surface area (Å²) in [6, 6.07) is 6.84. The molecule has 1 N–H and O–H groups in total. The Morgan fingerprint density at radius 1 is 1.24 bits per heavy atom. The van der Waals surface area contributed by atoms with Crippen LogP contribution >= 0.6 is 11.8 Å². The standard InChI is InChI=1S/C18H16O6S/c1-9-6-10-8-24-18(21)14-13(25-16(10)12(7-9)22-2)5-4-11(17(19)20)15(14)23-3/h4-7H,8H2,1-3H3,(H,19,20). The van der Waals surface area contributed by atoms with Gasteiger partial charge in [0.15, 0.2) is 0 Å². The Hall–Kier alpha value is -2.67. The molecule has 0 aliphatic carbocycles. The lowest BCUT2D eigenvalue weighted by molar-refractivity contribution is 0.0459. The van der Waals surface area contributed by atoms with Crippen molar-refractivity contribution in [1.82, 2.24) is 0 Å². The number of ether oxygens (including phenoxy) is 3. The molecule has 0 unspecified atom stereocenters. The van der Waals surface area contributed by atoms with Crippen LogP contribution in [0.5, 0.6) is 11.5 Å². The fourth-order valence-corrected chi connectivity index (χ4v) is 3.86. The molecule has 0 fully saturated rings. The third-order valence-electron chi connectivity index (χ3n) is 3.82. The predicted octanol–water partition coefficient (Wildman–Crippen LogP) is 3.53. The molecule has 1 heterocycles. The molecule has 7 heteroatoms. The molecule has 2 aromatic carbocycles. The van der Waals surface area contributed by atoms with Crippen molar-refractivity contribution in [2.24, 2.45) is 0 Å². The number of carboxylic acids is 1. The van der Waals surface area contributed by atoms with Gasteiger partial charge in [0.05, 0.1) is 19.1 Å². The highest BCUT2D eigenvalue weighted by Gasteiger charge is 2.28. The van der Waals surface area contributed by atoms with Crippen molar-refractivity contribution in [3.8, 4) is 11.5 Å². The molecule has 0 amide bonds. The molecule has 0 spiro atoms. The molecular formula is C18H16O6S. The normalized spacial score (nSPS) is 13.0. The maximum Gasteiger partial charge on any atom is 0.343 e. The van der Waals surface area contributed by atoms with Gasteiger partial charge in [0.2, 0.25) is 0 Å². The van der Waals surface area contributed by atoms with Crippen molar-refractivity contribution >= 4 is 23.7 Å². The molecule has 0 saturated heterocycles. The van der Waals surface area contributed by atoms with E-state index in [-0.39, 0.29) is 23.5 Å². The van der Waals surface area contributed by atoms with Crippen LogP contribution in [-0.4, -0.2) is 31.3 Å². The largest absolute Gasteiger partial charge is 0.496 e. The highest BCUT2D eigenvalue weighted by atomic mass is 32.2. The zero-order valence-corrected chi connectivity index (χ0v) is 14.7. The number of benzene rings is 2. The van der Waals surface area contributed by atoms with Gasteiger partial charge in [-0.25, -0.2) is 9.59 Å². The summed E-state index contributed by atoms with van der Waals surface area (Å²) in [7, 11) is 2.91. The molecule has 2 aromatic rings. The highest BCUT2D eigenvalue weighted by molar-refractivity contribution is 7.99. The van der Waals surface area contributed by atoms with Crippen LogP contribution < -0.4 is 9.47 Å². The van der Waals surface area contributed by atoms with Crippen molar-refractivity contribution in [2.45, 2.75) is 23.3 Å². The van der Waals surface area contributed by atoms with Gasteiger partial charge in [-0.05, 0) is 30.7 Å². The van der Waals surface area contributed by atoms with Crippen LogP contribution in [0.4, 0.5) is 0 Å². The smallest absolute Gasteiger partial charge is 0.343 e. The van der Waals surface area contributed by atoms with E-state index < -0.39 is 11.9 Å². The van der Waals surface area contributed by atoms with Crippen molar-refractivity contribution in [1.29, 1.82) is 0 Å². The minimum Gasteiger partial charge on any atom is -0.496 e. The van der Waals surface area contributed by atoms with E-state index in [4.69, 9.17) is 14.2 Å². The lowest BCUT2D eigenvalue weighted by Gasteiger charge is -2.21. The van der Waals surface area contributed by atoms with E-state index in [1.165, 1.54) is 24.9 Å². The quantitative estimate of drug-likeness (QED) is 0.839. The van der Waals surface area contributed by atoms with Gasteiger partial charge < -0.3 is 19.3 Å². The predicted molar refractivity (Wildman–Crippen MR) is 90.9 cm³/mol. The fraction of sp³-hybridized carbons (Fsp3) is 0.222. The van der Waals surface area contributed by atoms with E-state index in [2.05, 4.69) is 0 Å². The third-order valence-corrected chi connectivity index (χ3v) is 5.05. The van der Waals surface area contributed by atoms with Crippen LogP contribution in [-0.2, 0) is 11.3 Å². The lowest BCUT2D eigenvalue weighted by Crippen LogP contribution is -2.14. The second kappa shape index (κ2) is 6.68. The third kappa shape index (κ3) is 3.02. The average Bonchev–Trinajstić information content (AvgIpc) is 2.58. The van der Waals surface area contributed by atoms with Crippen LogP contribution in [0.2, 0.25) is 0 Å². The molecule has 0 bridgehead atoms. The number of hydrogen-bond donors (Lipinski definition) is 1. The van der Waals surface area contributed by atoms with Crippen LogP contribution in [0.15, 0.2) is 34.1 Å². The maximum atomic E-state index is 12.5. The first kappa shape index (κ1) is 17.2. The first-order chi connectivity index (χ1) is 12.0. The van der Waals surface area contributed by atoms with Crippen LogP contribution in [0.1, 0.15) is 31.8 Å².